The molecule has 0 saturated heterocycles. The third-order valence-electron chi connectivity index (χ3n) is 4.25. The number of nitro groups is 1. The number of non-ortho nitro benzene ring substituents is 1. The van der Waals surface area contributed by atoms with Gasteiger partial charge in [0.15, 0.2) is 0 Å². The standard InChI is InChI=1S/C20H14N2O3/c23-21-18-13-16(22(24)25)11-12-17(18)19(14-7-3-1-4-8-14)20(21)15-9-5-2-6-10-15/h1-13,23H. The molecule has 0 aliphatic heterocycles. The van der Waals surface area contributed by atoms with Gasteiger partial charge in [-0.3, -0.25) is 10.1 Å². The molecule has 0 radical (unpaired) electrons. The molecular weight excluding hydrogens is 316 g/mol. The van der Waals surface area contributed by atoms with Gasteiger partial charge in [-0.05, 0) is 11.6 Å². The molecule has 0 saturated carbocycles. The van der Waals surface area contributed by atoms with Crippen LogP contribution in [-0.2, 0) is 0 Å². The van der Waals surface area contributed by atoms with E-state index in [0.717, 1.165) is 26.8 Å². The summed E-state index contributed by atoms with van der Waals surface area (Å²) in [5, 5.41) is 22.6. The van der Waals surface area contributed by atoms with Gasteiger partial charge in [0.25, 0.3) is 5.69 Å². The monoisotopic (exact) mass is 330 g/mol. The molecule has 3 aromatic carbocycles. The number of aromatic nitrogens is 1. The fourth-order valence-electron chi connectivity index (χ4n) is 3.13. The van der Waals surface area contributed by atoms with Crippen LogP contribution in [0.25, 0.3) is 33.3 Å². The van der Waals surface area contributed by atoms with E-state index in [-0.39, 0.29) is 5.69 Å². The molecule has 4 rings (SSSR count). The molecule has 0 spiro atoms. The summed E-state index contributed by atoms with van der Waals surface area (Å²) in [5.41, 5.74) is 3.59. The smallest absolute Gasteiger partial charge is 0.271 e. The maximum Gasteiger partial charge on any atom is 0.271 e. The second-order valence-electron chi connectivity index (χ2n) is 5.73. The molecule has 0 aliphatic rings. The van der Waals surface area contributed by atoms with E-state index in [1.54, 1.807) is 6.07 Å². The van der Waals surface area contributed by atoms with Crippen LogP contribution in [0.1, 0.15) is 0 Å². The van der Waals surface area contributed by atoms with Crippen LogP contribution in [0.3, 0.4) is 0 Å². The van der Waals surface area contributed by atoms with Gasteiger partial charge in [-0.25, -0.2) is 0 Å². The Morgan fingerprint density at radius 2 is 1.44 bits per heavy atom. The first-order valence-electron chi connectivity index (χ1n) is 7.80. The van der Waals surface area contributed by atoms with Gasteiger partial charge in [0.05, 0.1) is 16.1 Å². The molecule has 0 bridgehead atoms. The zero-order chi connectivity index (χ0) is 17.4. The first-order chi connectivity index (χ1) is 12.2. The quantitative estimate of drug-likeness (QED) is 0.322. The predicted molar refractivity (Wildman–Crippen MR) is 96.6 cm³/mol. The zero-order valence-corrected chi connectivity index (χ0v) is 13.2. The lowest BCUT2D eigenvalue weighted by Gasteiger charge is -2.07. The first-order valence-corrected chi connectivity index (χ1v) is 7.80. The van der Waals surface area contributed by atoms with Gasteiger partial charge in [-0.2, -0.15) is 4.73 Å². The lowest BCUT2D eigenvalue weighted by atomic mass is 9.98. The van der Waals surface area contributed by atoms with Crippen molar-refractivity contribution < 1.29 is 10.1 Å². The van der Waals surface area contributed by atoms with E-state index in [4.69, 9.17) is 0 Å². The van der Waals surface area contributed by atoms with Crippen LogP contribution < -0.4 is 0 Å². The van der Waals surface area contributed by atoms with E-state index in [1.165, 1.54) is 12.1 Å². The SMILES string of the molecule is O=[N+]([O-])c1ccc2c(-c3ccccc3)c(-c3ccccc3)n(O)c2c1. The van der Waals surface area contributed by atoms with Crippen molar-refractivity contribution in [3.8, 4) is 22.4 Å². The molecule has 0 amide bonds. The number of hydrogen-bond donors (Lipinski definition) is 1. The van der Waals surface area contributed by atoms with Gasteiger partial charge in [0, 0.05) is 28.6 Å². The summed E-state index contributed by atoms with van der Waals surface area (Å²) in [5.74, 6) is 0. The third kappa shape index (κ3) is 2.42. The largest absolute Gasteiger partial charge is 0.428 e. The van der Waals surface area contributed by atoms with Crippen molar-refractivity contribution in [1.82, 2.24) is 4.73 Å². The summed E-state index contributed by atoms with van der Waals surface area (Å²) >= 11 is 0. The fourth-order valence-corrected chi connectivity index (χ4v) is 3.13. The Balaban J connectivity index is 2.11. The highest BCUT2D eigenvalue weighted by Crippen LogP contribution is 2.40. The van der Waals surface area contributed by atoms with Crippen molar-refractivity contribution in [2.24, 2.45) is 0 Å². The zero-order valence-electron chi connectivity index (χ0n) is 13.2. The van der Waals surface area contributed by atoms with E-state index in [1.807, 2.05) is 60.7 Å². The summed E-state index contributed by atoms with van der Waals surface area (Å²) in [6.45, 7) is 0. The molecule has 25 heavy (non-hydrogen) atoms. The van der Waals surface area contributed by atoms with Gasteiger partial charge < -0.3 is 5.21 Å². The number of fused-ring (bicyclic) bond motifs is 1. The Bertz CT molecular complexity index is 1070. The van der Waals surface area contributed by atoms with Crippen molar-refractivity contribution in [3.05, 3.63) is 89.0 Å². The van der Waals surface area contributed by atoms with Gasteiger partial charge >= 0.3 is 0 Å². The molecule has 0 atom stereocenters. The maximum absolute atomic E-state index is 11.1. The predicted octanol–water partition coefficient (Wildman–Crippen LogP) is 5.12. The van der Waals surface area contributed by atoms with Crippen molar-refractivity contribution >= 4 is 16.6 Å². The van der Waals surface area contributed by atoms with Gasteiger partial charge in [-0.15, -0.1) is 0 Å². The number of nitro benzene ring substituents is 1. The number of benzene rings is 3. The molecule has 122 valence electrons. The number of hydrogen-bond acceptors (Lipinski definition) is 3. The van der Waals surface area contributed by atoms with Crippen LogP contribution >= 0.6 is 0 Å². The minimum atomic E-state index is -0.461. The molecule has 1 heterocycles. The number of nitrogens with zero attached hydrogens (tertiary/aromatic N) is 2. The molecule has 5 nitrogen and oxygen atoms in total. The van der Waals surface area contributed by atoms with Crippen molar-refractivity contribution in [2.45, 2.75) is 0 Å². The highest BCUT2D eigenvalue weighted by atomic mass is 16.6. The topological polar surface area (TPSA) is 68.3 Å². The van der Waals surface area contributed by atoms with E-state index < -0.39 is 4.92 Å². The van der Waals surface area contributed by atoms with Gasteiger partial charge in [0.1, 0.15) is 0 Å². The fraction of sp³-hybridized carbons (Fsp3) is 0. The minimum Gasteiger partial charge on any atom is -0.428 e. The average Bonchev–Trinajstić information content (AvgIpc) is 2.95. The van der Waals surface area contributed by atoms with Gasteiger partial charge in [0.2, 0.25) is 0 Å². The van der Waals surface area contributed by atoms with Crippen molar-refractivity contribution in [3.63, 3.8) is 0 Å². The van der Waals surface area contributed by atoms with Gasteiger partial charge in [-0.1, -0.05) is 60.7 Å². The van der Waals surface area contributed by atoms with E-state index >= 15 is 0 Å². The second-order valence-corrected chi connectivity index (χ2v) is 5.73. The van der Waals surface area contributed by atoms with Crippen LogP contribution in [-0.4, -0.2) is 14.9 Å². The lowest BCUT2D eigenvalue weighted by molar-refractivity contribution is -0.384. The second kappa shape index (κ2) is 5.79. The summed E-state index contributed by atoms with van der Waals surface area (Å²) in [6.07, 6.45) is 0. The van der Waals surface area contributed by atoms with E-state index in [0.29, 0.717) is 11.2 Å². The molecule has 1 N–H and O–H groups in total. The molecule has 0 aliphatic carbocycles. The highest BCUT2D eigenvalue weighted by Gasteiger charge is 2.21. The van der Waals surface area contributed by atoms with Crippen LogP contribution in [0.5, 0.6) is 0 Å². The Morgan fingerprint density at radius 3 is 2.04 bits per heavy atom. The highest BCUT2D eigenvalue weighted by molar-refractivity contribution is 6.04. The summed E-state index contributed by atoms with van der Waals surface area (Å²) in [4.78, 5) is 10.6. The average molecular weight is 330 g/mol. The molecular formula is C20H14N2O3. The third-order valence-corrected chi connectivity index (χ3v) is 4.25. The first kappa shape index (κ1) is 15.0. The molecule has 0 unspecified atom stereocenters. The summed E-state index contributed by atoms with van der Waals surface area (Å²) < 4.78 is 1.04. The minimum absolute atomic E-state index is 0.0560. The summed E-state index contributed by atoms with van der Waals surface area (Å²) in [7, 11) is 0. The Hall–Kier alpha value is -3.60. The Morgan fingerprint density at radius 1 is 0.840 bits per heavy atom. The Kier molecular flexibility index (Phi) is 3.47. The lowest BCUT2D eigenvalue weighted by Crippen LogP contribution is -1.94. The van der Waals surface area contributed by atoms with Crippen LogP contribution in [0, 0.1) is 10.1 Å². The van der Waals surface area contributed by atoms with E-state index in [9.17, 15) is 15.3 Å². The van der Waals surface area contributed by atoms with Crippen molar-refractivity contribution in [1.29, 1.82) is 0 Å². The van der Waals surface area contributed by atoms with Crippen LogP contribution in [0.2, 0.25) is 0 Å². The molecule has 5 heteroatoms. The summed E-state index contributed by atoms with van der Waals surface area (Å²) in [6, 6.07) is 23.7. The van der Waals surface area contributed by atoms with Crippen molar-refractivity contribution in [2.75, 3.05) is 0 Å². The molecule has 4 aromatic rings. The Labute approximate surface area is 143 Å². The van der Waals surface area contributed by atoms with Crippen LogP contribution in [0.15, 0.2) is 78.9 Å². The maximum atomic E-state index is 11.1. The van der Waals surface area contributed by atoms with Crippen LogP contribution in [0.4, 0.5) is 5.69 Å². The molecule has 0 fully saturated rings. The number of rotatable bonds is 3. The molecule has 1 aromatic heterocycles. The van der Waals surface area contributed by atoms with E-state index in [2.05, 4.69) is 0 Å². The normalized spacial score (nSPS) is 10.9.